The summed E-state index contributed by atoms with van der Waals surface area (Å²) in [6.45, 7) is -0.750. The van der Waals surface area contributed by atoms with Crippen molar-refractivity contribution in [3.8, 4) is 0 Å². The molecule has 1 aromatic rings. The Morgan fingerprint density at radius 2 is 2.00 bits per heavy atom. The van der Waals surface area contributed by atoms with Crippen molar-refractivity contribution in [1.82, 2.24) is 5.32 Å². The van der Waals surface area contributed by atoms with Crippen molar-refractivity contribution in [1.29, 1.82) is 0 Å². The third kappa shape index (κ3) is 6.03. The molecule has 0 heterocycles. The van der Waals surface area contributed by atoms with Gasteiger partial charge in [0, 0.05) is 6.42 Å². The minimum absolute atomic E-state index is 0.0291. The second-order valence-corrected chi connectivity index (χ2v) is 4.50. The maximum absolute atomic E-state index is 11.8. The predicted octanol–water partition coefficient (Wildman–Crippen LogP) is 1.80. The quantitative estimate of drug-likeness (QED) is 0.568. The second-order valence-electron chi connectivity index (χ2n) is 4.03. The summed E-state index contributed by atoms with van der Waals surface area (Å²) in [5.41, 5.74) is 6.36. The number of carbonyl (C=O) groups is 1. The topological polar surface area (TPSA) is 64.3 Å². The van der Waals surface area contributed by atoms with E-state index in [4.69, 9.17) is 18.0 Å². The zero-order chi connectivity index (χ0) is 15.0. The highest BCUT2D eigenvalue weighted by Gasteiger charge is 2.16. The van der Waals surface area contributed by atoms with Gasteiger partial charge >= 0.3 is 0 Å². The number of nitrogens with one attached hydrogen (secondary N) is 1. The molecule has 1 aromatic carbocycles. The summed E-state index contributed by atoms with van der Waals surface area (Å²) < 4.78 is 28.3. The number of thiocarbonyl (C=S) groups is 1. The van der Waals surface area contributed by atoms with E-state index >= 15 is 0 Å². The van der Waals surface area contributed by atoms with Crippen molar-refractivity contribution >= 4 is 23.1 Å². The van der Waals surface area contributed by atoms with Crippen LogP contribution < -0.4 is 11.1 Å². The number of carbonyl (C=O) groups excluding carboxylic acids is 1. The van der Waals surface area contributed by atoms with Gasteiger partial charge in [-0.25, -0.2) is 8.78 Å². The fourth-order valence-corrected chi connectivity index (χ4v) is 1.73. The molecule has 0 aliphatic carbocycles. The van der Waals surface area contributed by atoms with Gasteiger partial charge in [0.2, 0.25) is 5.91 Å². The van der Waals surface area contributed by atoms with E-state index in [1.165, 1.54) is 0 Å². The lowest BCUT2D eigenvalue weighted by Gasteiger charge is -2.17. The van der Waals surface area contributed by atoms with E-state index in [1.54, 1.807) is 24.3 Å². The van der Waals surface area contributed by atoms with Gasteiger partial charge in [-0.2, -0.15) is 0 Å². The zero-order valence-electron chi connectivity index (χ0n) is 10.7. The zero-order valence-corrected chi connectivity index (χ0v) is 11.5. The Morgan fingerprint density at radius 3 is 2.55 bits per heavy atom. The highest BCUT2D eigenvalue weighted by molar-refractivity contribution is 7.80. The van der Waals surface area contributed by atoms with E-state index in [9.17, 15) is 13.6 Å². The first-order chi connectivity index (χ1) is 9.50. The normalized spacial score (nSPS) is 12.2. The van der Waals surface area contributed by atoms with Gasteiger partial charge < -0.3 is 15.8 Å². The SMILES string of the molecule is NC(=S)C(NC(=O)CCOCC(F)F)c1ccccc1. The molecule has 4 nitrogen and oxygen atoms in total. The summed E-state index contributed by atoms with van der Waals surface area (Å²) in [4.78, 5) is 11.8. The molecule has 1 rings (SSSR count). The number of hydrogen-bond acceptors (Lipinski definition) is 3. The first-order valence-electron chi connectivity index (χ1n) is 6.00. The van der Waals surface area contributed by atoms with Crippen molar-refractivity contribution in [3.05, 3.63) is 35.9 Å². The summed E-state index contributed by atoms with van der Waals surface area (Å²) in [6, 6.07) is 8.44. The Morgan fingerprint density at radius 1 is 1.35 bits per heavy atom. The lowest BCUT2D eigenvalue weighted by atomic mass is 10.1. The Balaban J connectivity index is 2.46. The van der Waals surface area contributed by atoms with Crippen LogP contribution in [0.1, 0.15) is 18.0 Å². The van der Waals surface area contributed by atoms with Crippen LogP contribution in [0.15, 0.2) is 30.3 Å². The third-order valence-corrected chi connectivity index (χ3v) is 2.68. The molecule has 0 aliphatic rings. The molecular weight excluding hydrogens is 286 g/mol. The van der Waals surface area contributed by atoms with Gasteiger partial charge in [0.05, 0.1) is 6.61 Å². The smallest absolute Gasteiger partial charge is 0.261 e. The predicted molar refractivity (Wildman–Crippen MR) is 75.6 cm³/mol. The van der Waals surface area contributed by atoms with Crippen molar-refractivity contribution < 1.29 is 18.3 Å². The van der Waals surface area contributed by atoms with Gasteiger partial charge in [-0.1, -0.05) is 42.5 Å². The molecule has 1 atom stereocenters. The fraction of sp³-hybridized carbons (Fsp3) is 0.385. The van der Waals surface area contributed by atoms with E-state index < -0.39 is 19.1 Å². The Labute approximate surface area is 121 Å². The number of halogens is 2. The standard InChI is InChI=1S/C13H16F2N2O2S/c14-10(15)8-19-7-6-11(18)17-12(13(16)20)9-4-2-1-3-5-9/h1-5,10,12H,6-8H2,(H2,16,20)(H,17,18). The van der Waals surface area contributed by atoms with E-state index in [-0.39, 0.29) is 23.9 Å². The molecule has 0 aromatic heterocycles. The molecule has 0 saturated heterocycles. The van der Waals surface area contributed by atoms with Crippen molar-refractivity contribution in [3.63, 3.8) is 0 Å². The van der Waals surface area contributed by atoms with Gasteiger partial charge in [-0.15, -0.1) is 0 Å². The summed E-state index contributed by atoms with van der Waals surface area (Å²) in [6.07, 6.45) is -2.56. The molecule has 0 aliphatic heterocycles. The summed E-state index contributed by atoms with van der Waals surface area (Å²) >= 11 is 4.92. The molecule has 7 heteroatoms. The van der Waals surface area contributed by atoms with Crippen LogP contribution in [0, 0.1) is 0 Å². The number of alkyl halides is 2. The monoisotopic (exact) mass is 302 g/mol. The number of nitrogens with two attached hydrogens (primary N) is 1. The molecule has 3 N–H and O–H groups in total. The van der Waals surface area contributed by atoms with Gasteiger partial charge in [-0.3, -0.25) is 4.79 Å². The number of hydrogen-bond donors (Lipinski definition) is 2. The minimum Gasteiger partial charge on any atom is -0.391 e. The van der Waals surface area contributed by atoms with Crippen LogP contribution in [0.3, 0.4) is 0 Å². The molecule has 20 heavy (non-hydrogen) atoms. The van der Waals surface area contributed by atoms with Gasteiger partial charge in [-0.05, 0) is 5.56 Å². The maximum atomic E-state index is 11.8. The summed E-state index contributed by atoms with van der Waals surface area (Å²) in [7, 11) is 0. The van der Waals surface area contributed by atoms with Crippen molar-refractivity contribution in [2.45, 2.75) is 18.9 Å². The van der Waals surface area contributed by atoms with Crippen LogP contribution in [0.2, 0.25) is 0 Å². The van der Waals surface area contributed by atoms with Gasteiger partial charge in [0.1, 0.15) is 17.6 Å². The van der Waals surface area contributed by atoms with Crippen molar-refractivity contribution in [2.75, 3.05) is 13.2 Å². The lowest BCUT2D eigenvalue weighted by molar-refractivity contribution is -0.122. The van der Waals surface area contributed by atoms with E-state index in [2.05, 4.69) is 10.1 Å². The Hall–Kier alpha value is -1.60. The Bertz CT molecular complexity index is 443. The molecule has 0 spiro atoms. The fourth-order valence-electron chi connectivity index (χ4n) is 1.53. The first-order valence-corrected chi connectivity index (χ1v) is 6.41. The summed E-state index contributed by atoms with van der Waals surface area (Å²) in [5.74, 6) is -0.360. The minimum atomic E-state index is -2.54. The molecule has 1 amide bonds. The van der Waals surface area contributed by atoms with E-state index in [0.717, 1.165) is 5.56 Å². The molecule has 0 fully saturated rings. The number of benzene rings is 1. The molecule has 1 unspecified atom stereocenters. The van der Waals surface area contributed by atoms with Crippen LogP contribution in [-0.4, -0.2) is 30.5 Å². The highest BCUT2D eigenvalue weighted by atomic mass is 32.1. The molecule has 0 bridgehead atoms. The van der Waals surface area contributed by atoms with Crippen LogP contribution in [0.4, 0.5) is 8.78 Å². The van der Waals surface area contributed by atoms with Crippen molar-refractivity contribution in [2.24, 2.45) is 5.73 Å². The maximum Gasteiger partial charge on any atom is 0.261 e. The third-order valence-electron chi connectivity index (χ3n) is 2.44. The number of amides is 1. The van der Waals surface area contributed by atoms with Crippen LogP contribution in [-0.2, 0) is 9.53 Å². The first kappa shape index (κ1) is 16.5. The number of ether oxygens (including phenoxy) is 1. The van der Waals surface area contributed by atoms with Crippen LogP contribution in [0.5, 0.6) is 0 Å². The van der Waals surface area contributed by atoms with Crippen LogP contribution in [0.25, 0.3) is 0 Å². The summed E-state index contributed by atoms with van der Waals surface area (Å²) in [5, 5.41) is 2.65. The average molecular weight is 302 g/mol. The van der Waals surface area contributed by atoms with E-state index in [0.29, 0.717) is 0 Å². The average Bonchev–Trinajstić information content (AvgIpc) is 2.41. The second kappa shape index (κ2) is 8.55. The molecule has 0 radical (unpaired) electrons. The van der Waals surface area contributed by atoms with Crippen LogP contribution >= 0.6 is 12.2 Å². The Kier molecular flexibility index (Phi) is 7.03. The van der Waals surface area contributed by atoms with Gasteiger partial charge in [0.15, 0.2) is 0 Å². The number of rotatable bonds is 8. The van der Waals surface area contributed by atoms with Gasteiger partial charge in [0.25, 0.3) is 6.43 Å². The molecule has 0 saturated carbocycles. The highest BCUT2D eigenvalue weighted by Crippen LogP contribution is 2.12. The molecular formula is C13H16F2N2O2S. The lowest BCUT2D eigenvalue weighted by Crippen LogP contribution is -2.36. The molecule has 110 valence electrons. The van der Waals surface area contributed by atoms with E-state index in [1.807, 2.05) is 6.07 Å². The largest absolute Gasteiger partial charge is 0.391 e.